The van der Waals surface area contributed by atoms with Crippen LogP contribution >= 0.6 is 11.6 Å². The Morgan fingerprint density at radius 3 is 2.68 bits per heavy atom. The molecule has 0 spiro atoms. The summed E-state index contributed by atoms with van der Waals surface area (Å²) in [6.45, 7) is 2.06. The lowest BCUT2D eigenvalue weighted by Crippen LogP contribution is -2.03. The van der Waals surface area contributed by atoms with Gasteiger partial charge >= 0.3 is 0 Å². The van der Waals surface area contributed by atoms with Crippen molar-refractivity contribution >= 4 is 34.4 Å². The maximum absolute atomic E-state index is 5.92. The Bertz CT molecular complexity index is 1050. The molecule has 6 heteroatoms. The summed E-state index contributed by atoms with van der Waals surface area (Å²) in [5.41, 5.74) is 3.76. The number of pyridine rings is 1. The summed E-state index contributed by atoms with van der Waals surface area (Å²) in [6, 6.07) is 15.6. The minimum absolute atomic E-state index is 0.685. The Labute approximate surface area is 149 Å². The monoisotopic (exact) mass is 347 g/mol. The quantitative estimate of drug-likeness (QED) is 0.512. The van der Waals surface area contributed by atoms with Gasteiger partial charge in [-0.3, -0.25) is 4.99 Å². The van der Waals surface area contributed by atoms with Crippen LogP contribution in [0.4, 0.5) is 5.69 Å². The average Bonchev–Trinajstić information content (AvgIpc) is 3.15. The standard InChI is InChI=1S/C19H14ClN5/c1-13-2-7-18-14(8-13)9-15(19(24-18)25-12-21-11-23-25)10-22-17-5-3-16(20)4-6-17/h2-12H,1H3. The van der Waals surface area contributed by atoms with E-state index in [9.17, 15) is 0 Å². The highest BCUT2D eigenvalue weighted by Crippen LogP contribution is 2.21. The first-order valence-electron chi connectivity index (χ1n) is 7.75. The summed E-state index contributed by atoms with van der Waals surface area (Å²) >= 11 is 5.92. The van der Waals surface area contributed by atoms with Crippen LogP contribution in [0, 0.1) is 6.92 Å². The molecule has 0 aliphatic heterocycles. The molecule has 2 aromatic carbocycles. The summed E-state index contributed by atoms with van der Waals surface area (Å²) in [5.74, 6) is 0.687. The first kappa shape index (κ1) is 15.5. The van der Waals surface area contributed by atoms with Crippen molar-refractivity contribution in [2.45, 2.75) is 6.92 Å². The maximum atomic E-state index is 5.92. The second-order valence-electron chi connectivity index (χ2n) is 5.67. The lowest BCUT2D eigenvalue weighted by molar-refractivity contribution is 0.849. The van der Waals surface area contributed by atoms with Gasteiger partial charge in [-0.2, -0.15) is 5.10 Å². The highest BCUT2D eigenvalue weighted by atomic mass is 35.5. The van der Waals surface area contributed by atoms with Gasteiger partial charge in [-0.1, -0.05) is 23.2 Å². The predicted octanol–water partition coefficient (Wildman–Crippen LogP) is 4.53. The maximum Gasteiger partial charge on any atom is 0.164 e. The van der Waals surface area contributed by atoms with Crippen molar-refractivity contribution in [1.82, 2.24) is 19.7 Å². The molecule has 122 valence electrons. The molecule has 0 saturated heterocycles. The number of fused-ring (bicyclic) bond motifs is 1. The number of aryl methyl sites for hydroxylation is 1. The van der Waals surface area contributed by atoms with Gasteiger partial charge < -0.3 is 0 Å². The Hall–Kier alpha value is -3.05. The van der Waals surface area contributed by atoms with Gasteiger partial charge in [0.15, 0.2) is 5.82 Å². The topological polar surface area (TPSA) is 56.0 Å². The van der Waals surface area contributed by atoms with Gasteiger partial charge in [0.05, 0.1) is 11.2 Å². The van der Waals surface area contributed by atoms with Crippen LogP contribution in [0.15, 0.2) is 66.2 Å². The SMILES string of the molecule is Cc1ccc2nc(-n3cncn3)c(C=Nc3ccc(Cl)cc3)cc2c1. The number of hydrogen-bond donors (Lipinski definition) is 0. The molecule has 0 unspecified atom stereocenters. The van der Waals surface area contributed by atoms with Crippen LogP contribution in [0.2, 0.25) is 5.02 Å². The number of hydrogen-bond acceptors (Lipinski definition) is 4. The third kappa shape index (κ3) is 3.27. The zero-order valence-corrected chi connectivity index (χ0v) is 14.2. The molecule has 5 nitrogen and oxygen atoms in total. The van der Waals surface area contributed by atoms with Crippen LogP contribution in [0.1, 0.15) is 11.1 Å². The van der Waals surface area contributed by atoms with Gasteiger partial charge in [0, 0.05) is 22.2 Å². The fourth-order valence-corrected chi connectivity index (χ4v) is 2.70. The molecule has 0 aliphatic carbocycles. The normalized spacial score (nSPS) is 11.4. The molecule has 0 radical (unpaired) electrons. The van der Waals surface area contributed by atoms with E-state index in [0.29, 0.717) is 10.8 Å². The van der Waals surface area contributed by atoms with Crippen molar-refractivity contribution < 1.29 is 0 Å². The zero-order chi connectivity index (χ0) is 17.2. The predicted molar refractivity (Wildman–Crippen MR) is 100 cm³/mol. The second-order valence-corrected chi connectivity index (χ2v) is 6.11. The van der Waals surface area contributed by atoms with E-state index in [1.807, 2.05) is 36.4 Å². The molecule has 2 aromatic heterocycles. The van der Waals surface area contributed by atoms with Gasteiger partial charge in [-0.05, 0) is 49.4 Å². The minimum atomic E-state index is 0.685. The lowest BCUT2D eigenvalue weighted by atomic mass is 10.1. The third-order valence-electron chi connectivity index (χ3n) is 3.79. The fraction of sp³-hybridized carbons (Fsp3) is 0.0526. The zero-order valence-electron chi connectivity index (χ0n) is 13.5. The van der Waals surface area contributed by atoms with Crippen LogP contribution in [-0.2, 0) is 0 Å². The summed E-state index contributed by atoms with van der Waals surface area (Å²) in [7, 11) is 0. The van der Waals surface area contributed by atoms with E-state index in [4.69, 9.17) is 16.6 Å². The molecule has 25 heavy (non-hydrogen) atoms. The summed E-state index contributed by atoms with van der Waals surface area (Å²) in [5, 5.41) is 5.94. The van der Waals surface area contributed by atoms with Crippen LogP contribution in [0.5, 0.6) is 0 Å². The second kappa shape index (κ2) is 6.45. The highest BCUT2D eigenvalue weighted by molar-refractivity contribution is 6.30. The Balaban J connectivity index is 1.84. The summed E-state index contributed by atoms with van der Waals surface area (Å²) in [4.78, 5) is 13.3. The molecule has 0 saturated carbocycles. The van der Waals surface area contributed by atoms with E-state index in [1.54, 1.807) is 17.2 Å². The van der Waals surface area contributed by atoms with E-state index < -0.39 is 0 Å². The first-order chi connectivity index (χ1) is 12.2. The molecule has 0 fully saturated rings. The van der Waals surface area contributed by atoms with Crippen molar-refractivity contribution in [1.29, 1.82) is 0 Å². The molecule has 4 aromatic rings. The smallest absolute Gasteiger partial charge is 0.164 e. The number of aromatic nitrogens is 4. The lowest BCUT2D eigenvalue weighted by Gasteiger charge is -2.07. The van der Waals surface area contributed by atoms with Crippen LogP contribution in [-0.4, -0.2) is 26.0 Å². The average molecular weight is 348 g/mol. The number of halogens is 1. The van der Waals surface area contributed by atoms with Gasteiger partial charge in [-0.15, -0.1) is 0 Å². The highest BCUT2D eigenvalue weighted by Gasteiger charge is 2.08. The molecule has 0 atom stereocenters. The van der Waals surface area contributed by atoms with E-state index in [2.05, 4.69) is 34.1 Å². The van der Waals surface area contributed by atoms with E-state index in [0.717, 1.165) is 22.2 Å². The molecule has 0 N–H and O–H groups in total. The van der Waals surface area contributed by atoms with E-state index in [-0.39, 0.29) is 0 Å². The number of benzene rings is 2. The minimum Gasteiger partial charge on any atom is -0.256 e. The van der Waals surface area contributed by atoms with Gasteiger partial charge in [-0.25, -0.2) is 14.6 Å². The van der Waals surface area contributed by atoms with E-state index in [1.165, 1.54) is 11.9 Å². The molecular weight excluding hydrogens is 334 g/mol. The summed E-state index contributed by atoms with van der Waals surface area (Å²) < 4.78 is 1.64. The molecule has 0 bridgehead atoms. The van der Waals surface area contributed by atoms with Crippen LogP contribution < -0.4 is 0 Å². The van der Waals surface area contributed by atoms with Crippen molar-refractivity contribution in [3.63, 3.8) is 0 Å². The Morgan fingerprint density at radius 1 is 1.08 bits per heavy atom. The largest absolute Gasteiger partial charge is 0.256 e. The van der Waals surface area contributed by atoms with Crippen molar-refractivity contribution in [3.05, 3.63) is 77.3 Å². The van der Waals surface area contributed by atoms with Gasteiger partial charge in [0.1, 0.15) is 12.7 Å². The molecular formula is C19H14ClN5. The van der Waals surface area contributed by atoms with Crippen LogP contribution in [0.3, 0.4) is 0 Å². The fourth-order valence-electron chi connectivity index (χ4n) is 2.57. The molecule has 0 amide bonds. The molecule has 2 heterocycles. The third-order valence-corrected chi connectivity index (χ3v) is 4.05. The number of aliphatic imine (C=N–C) groups is 1. The van der Waals surface area contributed by atoms with Crippen LogP contribution in [0.25, 0.3) is 16.7 Å². The molecule has 4 rings (SSSR count). The van der Waals surface area contributed by atoms with Crippen molar-refractivity contribution in [2.24, 2.45) is 4.99 Å². The van der Waals surface area contributed by atoms with Gasteiger partial charge in [0.25, 0.3) is 0 Å². The number of nitrogens with zero attached hydrogens (tertiary/aromatic N) is 5. The Morgan fingerprint density at radius 2 is 1.92 bits per heavy atom. The first-order valence-corrected chi connectivity index (χ1v) is 8.13. The Kier molecular flexibility index (Phi) is 3.99. The summed E-state index contributed by atoms with van der Waals surface area (Å²) in [6.07, 6.45) is 4.90. The van der Waals surface area contributed by atoms with Crippen molar-refractivity contribution in [2.75, 3.05) is 0 Å². The van der Waals surface area contributed by atoms with E-state index >= 15 is 0 Å². The van der Waals surface area contributed by atoms with Gasteiger partial charge in [0.2, 0.25) is 0 Å². The molecule has 0 aliphatic rings. The van der Waals surface area contributed by atoms with Crippen molar-refractivity contribution in [3.8, 4) is 5.82 Å². The number of rotatable bonds is 3.